The molecular weight excluding hydrogens is 271 g/mol. The maximum atomic E-state index is 9.40. The Morgan fingerprint density at radius 2 is 1.78 bits per heavy atom. The van der Waals surface area contributed by atoms with E-state index < -0.39 is 0 Å². The SMILES string of the molecule is Cc1cc(N=Nc2cc(Cl)ccc2Cl)ccc1O. The molecule has 0 saturated carbocycles. The number of phenols is 1. The van der Waals surface area contributed by atoms with E-state index in [9.17, 15) is 5.11 Å². The Labute approximate surface area is 115 Å². The maximum Gasteiger partial charge on any atom is 0.118 e. The van der Waals surface area contributed by atoms with Gasteiger partial charge in [0.1, 0.15) is 11.4 Å². The van der Waals surface area contributed by atoms with Crippen LogP contribution < -0.4 is 0 Å². The van der Waals surface area contributed by atoms with Crippen molar-refractivity contribution in [3.8, 4) is 5.75 Å². The second-order valence-corrected chi connectivity index (χ2v) is 4.61. The van der Waals surface area contributed by atoms with Crippen LogP contribution >= 0.6 is 23.2 Å². The van der Waals surface area contributed by atoms with E-state index in [1.54, 1.807) is 43.3 Å². The number of phenolic OH excluding ortho intramolecular Hbond substituents is 1. The lowest BCUT2D eigenvalue weighted by molar-refractivity contribution is 0.471. The van der Waals surface area contributed by atoms with Crippen molar-refractivity contribution in [3.63, 3.8) is 0 Å². The van der Waals surface area contributed by atoms with E-state index in [-0.39, 0.29) is 5.75 Å². The second kappa shape index (κ2) is 5.38. The molecule has 2 aromatic carbocycles. The number of aryl methyl sites for hydroxylation is 1. The quantitative estimate of drug-likeness (QED) is 0.733. The minimum absolute atomic E-state index is 0.231. The van der Waals surface area contributed by atoms with Crippen LogP contribution in [0.4, 0.5) is 11.4 Å². The molecule has 0 radical (unpaired) electrons. The fraction of sp³-hybridized carbons (Fsp3) is 0.0769. The average molecular weight is 281 g/mol. The van der Waals surface area contributed by atoms with Gasteiger partial charge in [-0.05, 0) is 48.9 Å². The molecule has 0 aliphatic heterocycles. The minimum atomic E-state index is 0.231. The van der Waals surface area contributed by atoms with Crippen LogP contribution in [0, 0.1) is 6.92 Å². The summed E-state index contributed by atoms with van der Waals surface area (Å²) in [5.74, 6) is 0.231. The van der Waals surface area contributed by atoms with Crippen LogP contribution in [0.15, 0.2) is 46.6 Å². The highest BCUT2D eigenvalue weighted by molar-refractivity contribution is 6.35. The van der Waals surface area contributed by atoms with Crippen molar-refractivity contribution in [2.45, 2.75) is 6.92 Å². The van der Waals surface area contributed by atoms with Crippen molar-refractivity contribution in [1.29, 1.82) is 0 Å². The molecular formula is C13H10Cl2N2O. The standard InChI is InChI=1S/C13H10Cl2N2O/c1-8-6-10(3-5-13(8)18)16-17-12-7-9(14)2-4-11(12)15/h2-7,18H,1H3. The first-order valence-corrected chi connectivity index (χ1v) is 5.98. The zero-order chi connectivity index (χ0) is 13.1. The van der Waals surface area contributed by atoms with Gasteiger partial charge in [-0.15, -0.1) is 5.11 Å². The lowest BCUT2D eigenvalue weighted by Gasteiger charge is -2.00. The van der Waals surface area contributed by atoms with Gasteiger partial charge in [0.25, 0.3) is 0 Å². The third kappa shape index (κ3) is 3.00. The average Bonchev–Trinajstić information content (AvgIpc) is 2.34. The van der Waals surface area contributed by atoms with Crippen LogP contribution in [0.1, 0.15) is 5.56 Å². The van der Waals surface area contributed by atoms with Gasteiger partial charge in [-0.25, -0.2) is 0 Å². The second-order valence-electron chi connectivity index (χ2n) is 3.77. The Kier molecular flexibility index (Phi) is 3.84. The summed E-state index contributed by atoms with van der Waals surface area (Å²) >= 11 is 11.8. The first-order valence-electron chi connectivity index (χ1n) is 5.22. The molecule has 2 rings (SSSR count). The molecule has 1 N–H and O–H groups in total. The Morgan fingerprint density at radius 1 is 1.00 bits per heavy atom. The van der Waals surface area contributed by atoms with Crippen LogP contribution in [0.5, 0.6) is 5.75 Å². The number of benzene rings is 2. The summed E-state index contributed by atoms with van der Waals surface area (Å²) in [5, 5.41) is 18.5. The summed E-state index contributed by atoms with van der Waals surface area (Å²) in [6.45, 7) is 1.79. The van der Waals surface area contributed by atoms with Gasteiger partial charge in [-0.1, -0.05) is 23.2 Å². The van der Waals surface area contributed by atoms with Crippen molar-refractivity contribution in [3.05, 3.63) is 52.0 Å². The van der Waals surface area contributed by atoms with Gasteiger partial charge in [0.05, 0.1) is 10.7 Å². The topological polar surface area (TPSA) is 45.0 Å². The molecule has 0 bridgehead atoms. The number of halogens is 2. The molecule has 2 aromatic rings. The monoisotopic (exact) mass is 280 g/mol. The zero-order valence-corrected chi connectivity index (χ0v) is 11.1. The van der Waals surface area contributed by atoms with Crippen molar-refractivity contribution < 1.29 is 5.11 Å². The fourth-order valence-electron chi connectivity index (χ4n) is 1.38. The van der Waals surface area contributed by atoms with Gasteiger partial charge in [-0.3, -0.25) is 0 Å². The molecule has 5 heteroatoms. The number of nitrogens with zero attached hydrogens (tertiary/aromatic N) is 2. The molecule has 0 amide bonds. The van der Waals surface area contributed by atoms with E-state index in [0.29, 0.717) is 21.4 Å². The van der Waals surface area contributed by atoms with Gasteiger partial charge >= 0.3 is 0 Å². The highest BCUT2D eigenvalue weighted by atomic mass is 35.5. The van der Waals surface area contributed by atoms with Gasteiger partial charge in [0.2, 0.25) is 0 Å². The van der Waals surface area contributed by atoms with Crippen molar-refractivity contribution in [1.82, 2.24) is 0 Å². The van der Waals surface area contributed by atoms with Gasteiger partial charge in [0.15, 0.2) is 0 Å². The molecule has 92 valence electrons. The van der Waals surface area contributed by atoms with Gasteiger partial charge in [-0.2, -0.15) is 5.11 Å². The first-order chi connectivity index (χ1) is 8.56. The number of azo groups is 1. The minimum Gasteiger partial charge on any atom is -0.508 e. The predicted molar refractivity (Wildman–Crippen MR) is 73.5 cm³/mol. The molecule has 0 spiro atoms. The summed E-state index contributed by atoms with van der Waals surface area (Å²) in [6.07, 6.45) is 0. The summed E-state index contributed by atoms with van der Waals surface area (Å²) in [6, 6.07) is 9.97. The zero-order valence-electron chi connectivity index (χ0n) is 9.56. The summed E-state index contributed by atoms with van der Waals surface area (Å²) < 4.78 is 0. The van der Waals surface area contributed by atoms with E-state index in [0.717, 1.165) is 5.56 Å². The summed E-state index contributed by atoms with van der Waals surface area (Å²) in [7, 11) is 0. The maximum absolute atomic E-state index is 9.40. The molecule has 0 aliphatic rings. The smallest absolute Gasteiger partial charge is 0.118 e. The molecule has 0 saturated heterocycles. The first kappa shape index (κ1) is 12.9. The normalized spacial score (nSPS) is 11.1. The summed E-state index contributed by atoms with van der Waals surface area (Å²) in [5.41, 5.74) is 1.89. The largest absolute Gasteiger partial charge is 0.508 e. The van der Waals surface area contributed by atoms with E-state index in [4.69, 9.17) is 23.2 Å². The Morgan fingerprint density at radius 3 is 2.50 bits per heavy atom. The molecule has 0 aromatic heterocycles. The summed E-state index contributed by atoms with van der Waals surface area (Å²) in [4.78, 5) is 0. The third-order valence-electron chi connectivity index (χ3n) is 2.36. The number of rotatable bonds is 2. The molecule has 0 fully saturated rings. The van der Waals surface area contributed by atoms with E-state index in [1.807, 2.05) is 0 Å². The highest BCUT2D eigenvalue weighted by Crippen LogP contribution is 2.30. The van der Waals surface area contributed by atoms with Crippen LogP contribution in [0.2, 0.25) is 10.0 Å². The molecule has 0 atom stereocenters. The molecule has 0 unspecified atom stereocenters. The number of hydrogen-bond donors (Lipinski definition) is 1. The van der Waals surface area contributed by atoms with Gasteiger partial charge in [0, 0.05) is 5.02 Å². The van der Waals surface area contributed by atoms with Crippen LogP contribution in [-0.4, -0.2) is 5.11 Å². The highest BCUT2D eigenvalue weighted by Gasteiger charge is 2.01. The third-order valence-corrected chi connectivity index (χ3v) is 2.92. The van der Waals surface area contributed by atoms with E-state index in [2.05, 4.69) is 10.2 Å². The molecule has 18 heavy (non-hydrogen) atoms. The van der Waals surface area contributed by atoms with Crippen molar-refractivity contribution in [2.75, 3.05) is 0 Å². The number of hydrogen-bond acceptors (Lipinski definition) is 3. The predicted octanol–water partition coefficient (Wildman–Crippen LogP) is 5.42. The van der Waals surface area contributed by atoms with Crippen molar-refractivity contribution in [2.24, 2.45) is 10.2 Å². The van der Waals surface area contributed by atoms with E-state index in [1.165, 1.54) is 0 Å². The van der Waals surface area contributed by atoms with Crippen LogP contribution in [-0.2, 0) is 0 Å². The van der Waals surface area contributed by atoms with Crippen LogP contribution in [0.3, 0.4) is 0 Å². The number of aromatic hydroxyl groups is 1. The molecule has 3 nitrogen and oxygen atoms in total. The Balaban J connectivity index is 2.29. The molecule has 0 heterocycles. The van der Waals surface area contributed by atoms with Gasteiger partial charge < -0.3 is 5.11 Å². The Hall–Kier alpha value is -1.58. The van der Waals surface area contributed by atoms with E-state index >= 15 is 0 Å². The lowest BCUT2D eigenvalue weighted by atomic mass is 10.2. The Bertz CT molecular complexity index is 612. The molecule has 0 aliphatic carbocycles. The lowest BCUT2D eigenvalue weighted by Crippen LogP contribution is -1.73. The van der Waals surface area contributed by atoms with Crippen molar-refractivity contribution >= 4 is 34.6 Å². The fourth-order valence-corrected chi connectivity index (χ4v) is 1.70. The van der Waals surface area contributed by atoms with Crippen LogP contribution in [0.25, 0.3) is 0 Å².